The Bertz CT molecular complexity index is 442. The molecule has 3 N–H and O–H groups in total. The molecule has 1 fully saturated rings. The van der Waals surface area contributed by atoms with Crippen LogP contribution in [0.2, 0.25) is 0 Å². The smallest absolute Gasteiger partial charge is 0.244 e. The molecule has 98 valence electrons. The monoisotopic (exact) mass is 248 g/mol. The first-order valence-electron chi connectivity index (χ1n) is 6.18. The SMILES string of the molecule is CC(C)(C)Oc1ccc(NC(=O)C2(N)CC2)cc1. The summed E-state index contributed by atoms with van der Waals surface area (Å²) in [5.74, 6) is 0.682. The van der Waals surface area contributed by atoms with Crippen LogP contribution in [0.25, 0.3) is 0 Å². The number of anilines is 1. The zero-order valence-corrected chi connectivity index (χ0v) is 11.1. The molecule has 0 aliphatic heterocycles. The van der Waals surface area contributed by atoms with Gasteiger partial charge in [-0.2, -0.15) is 0 Å². The Morgan fingerprint density at radius 2 is 1.83 bits per heavy atom. The van der Waals surface area contributed by atoms with Crippen molar-refractivity contribution in [3.8, 4) is 5.75 Å². The second-order valence-corrected chi connectivity index (χ2v) is 5.85. The van der Waals surface area contributed by atoms with Crippen molar-refractivity contribution in [2.24, 2.45) is 5.73 Å². The second kappa shape index (κ2) is 4.28. The van der Waals surface area contributed by atoms with Gasteiger partial charge in [0.2, 0.25) is 5.91 Å². The molecule has 4 nitrogen and oxygen atoms in total. The summed E-state index contributed by atoms with van der Waals surface area (Å²) in [5, 5.41) is 2.81. The fraction of sp³-hybridized carbons (Fsp3) is 0.500. The van der Waals surface area contributed by atoms with E-state index in [2.05, 4.69) is 5.32 Å². The Balaban J connectivity index is 1.97. The summed E-state index contributed by atoms with van der Waals surface area (Å²) in [6.07, 6.45) is 1.54. The predicted octanol–water partition coefficient (Wildman–Crippen LogP) is 2.29. The zero-order valence-electron chi connectivity index (χ0n) is 11.1. The van der Waals surface area contributed by atoms with Gasteiger partial charge >= 0.3 is 0 Å². The molecule has 0 aromatic heterocycles. The lowest BCUT2D eigenvalue weighted by Crippen LogP contribution is -2.37. The Hall–Kier alpha value is -1.55. The lowest BCUT2D eigenvalue weighted by atomic mass is 10.2. The lowest BCUT2D eigenvalue weighted by molar-refractivity contribution is -0.118. The number of ether oxygens (including phenoxy) is 1. The standard InChI is InChI=1S/C14H20N2O2/c1-13(2,3)18-11-6-4-10(5-7-11)16-12(17)14(15)8-9-14/h4-7H,8-9,15H2,1-3H3,(H,16,17). The molecule has 0 unspecified atom stereocenters. The Kier molecular flexibility index (Phi) is 3.07. The van der Waals surface area contributed by atoms with Gasteiger partial charge in [0.1, 0.15) is 11.4 Å². The van der Waals surface area contributed by atoms with Gasteiger partial charge in [-0.15, -0.1) is 0 Å². The van der Waals surface area contributed by atoms with Crippen molar-refractivity contribution in [2.45, 2.75) is 44.8 Å². The van der Waals surface area contributed by atoms with E-state index in [1.807, 2.05) is 45.0 Å². The van der Waals surface area contributed by atoms with E-state index in [-0.39, 0.29) is 11.5 Å². The van der Waals surface area contributed by atoms with E-state index in [4.69, 9.17) is 10.5 Å². The van der Waals surface area contributed by atoms with Gasteiger partial charge in [-0.25, -0.2) is 0 Å². The summed E-state index contributed by atoms with van der Waals surface area (Å²) >= 11 is 0. The molecular formula is C14H20N2O2. The molecule has 0 bridgehead atoms. The first-order chi connectivity index (χ1) is 8.28. The third-order valence-corrected chi connectivity index (χ3v) is 2.78. The average molecular weight is 248 g/mol. The summed E-state index contributed by atoms with van der Waals surface area (Å²) in [7, 11) is 0. The summed E-state index contributed by atoms with van der Waals surface area (Å²) < 4.78 is 5.70. The number of benzene rings is 1. The van der Waals surface area contributed by atoms with E-state index in [0.717, 1.165) is 24.3 Å². The van der Waals surface area contributed by atoms with E-state index in [1.165, 1.54) is 0 Å². The van der Waals surface area contributed by atoms with Crippen molar-refractivity contribution in [2.75, 3.05) is 5.32 Å². The molecule has 0 spiro atoms. The minimum Gasteiger partial charge on any atom is -0.488 e. The van der Waals surface area contributed by atoms with Gasteiger partial charge in [0.15, 0.2) is 0 Å². The van der Waals surface area contributed by atoms with Crippen molar-refractivity contribution < 1.29 is 9.53 Å². The zero-order chi connectivity index (χ0) is 13.4. The van der Waals surface area contributed by atoms with E-state index < -0.39 is 5.54 Å². The normalized spacial score (nSPS) is 17.1. The highest BCUT2D eigenvalue weighted by Crippen LogP contribution is 2.33. The summed E-state index contributed by atoms with van der Waals surface area (Å²) in [6, 6.07) is 7.34. The Morgan fingerprint density at radius 3 is 2.28 bits per heavy atom. The number of hydrogen-bond donors (Lipinski definition) is 2. The highest BCUT2D eigenvalue weighted by atomic mass is 16.5. The van der Waals surface area contributed by atoms with E-state index in [9.17, 15) is 4.79 Å². The third-order valence-electron chi connectivity index (χ3n) is 2.78. The van der Waals surface area contributed by atoms with Crippen LogP contribution in [-0.2, 0) is 4.79 Å². The fourth-order valence-electron chi connectivity index (χ4n) is 1.58. The van der Waals surface area contributed by atoms with E-state index >= 15 is 0 Å². The average Bonchev–Trinajstić information content (AvgIpc) is 2.99. The third kappa shape index (κ3) is 3.23. The maximum absolute atomic E-state index is 11.7. The topological polar surface area (TPSA) is 64.3 Å². The highest BCUT2D eigenvalue weighted by molar-refractivity contribution is 6.00. The van der Waals surface area contributed by atoms with Gasteiger partial charge in [0.25, 0.3) is 0 Å². The minimum absolute atomic E-state index is 0.105. The molecular weight excluding hydrogens is 228 g/mol. The first-order valence-corrected chi connectivity index (χ1v) is 6.18. The fourth-order valence-corrected chi connectivity index (χ4v) is 1.58. The number of carbonyl (C=O) groups excluding carboxylic acids is 1. The summed E-state index contributed by atoms with van der Waals surface area (Å²) in [6.45, 7) is 5.98. The van der Waals surface area contributed by atoms with Crippen LogP contribution in [0.15, 0.2) is 24.3 Å². The Morgan fingerprint density at radius 1 is 1.28 bits per heavy atom. The van der Waals surface area contributed by atoms with Crippen molar-refractivity contribution in [1.29, 1.82) is 0 Å². The quantitative estimate of drug-likeness (QED) is 0.862. The largest absolute Gasteiger partial charge is 0.488 e. The molecule has 1 aliphatic carbocycles. The minimum atomic E-state index is -0.638. The predicted molar refractivity (Wildman–Crippen MR) is 71.6 cm³/mol. The molecule has 1 saturated carbocycles. The number of carbonyl (C=O) groups is 1. The van der Waals surface area contributed by atoms with Gasteiger partial charge in [0, 0.05) is 5.69 Å². The number of nitrogens with two attached hydrogens (primary N) is 1. The molecule has 1 aromatic carbocycles. The molecule has 1 amide bonds. The maximum Gasteiger partial charge on any atom is 0.244 e. The Labute approximate surface area is 108 Å². The van der Waals surface area contributed by atoms with Crippen molar-refractivity contribution in [1.82, 2.24) is 0 Å². The van der Waals surface area contributed by atoms with Crippen LogP contribution in [0.1, 0.15) is 33.6 Å². The van der Waals surface area contributed by atoms with Crippen molar-refractivity contribution >= 4 is 11.6 Å². The van der Waals surface area contributed by atoms with Gasteiger partial charge in [-0.1, -0.05) is 0 Å². The van der Waals surface area contributed by atoms with Gasteiger partial charge in [-0.3, -0.25) is 4.79 Å². The maximum atomic E-state index is 11.7. The number of nitrogens with one attached hydrogen (secondary N) is 1. The molecule has 18 heavy (non-hydrogen) atoms. The van der Waals surface area contributed by atoms with Crippen LogP contribution < -0.4 is 15.8 Å². The molecule has 4 heteroatoms. The van der Waals surface area contributed by atoms with Crippen LogP contribution in [0.4, 0.5) is 5.69 Å². The van der Waals surface area contributed by atoms with E-state index in [0.29, 0.717) is 0 Å². The van der Waals surface area contributed by atoms with Crippen LogP contribution >= 0.6 is 0 Å². The lowest BCUT2D eigenvalue weighted by Gasteiger charge is -2.21. The molecule has 0 radical (unpaired) electrons. The van der Waals surface area contributed by atoms with E-state index in [1.54, 1.807) is 0 Å². The van der Waals surface area contributed by atoms with Gasteiger partial charge < -0.3 is 15.8 Å². The van der Waals surface area contributed by atoms with Crippen LogP contribution in [0.3, 0.4) is 0 Å². The summed E-state index contributed by atoms with van der Waals surface area (Å²) in [4.78, 5) is 11.7. The summed E-state index contributed by atoms with van der Waals surface area (Å²) in [5.41, 5.74) is 5.70. The number of amides is 1. The van der Waals surface area contributed by atoms with Crippen LogP contribution in [0.5, 0.6) is 5.75 Å². The molecule has 1 aromatic rings. The molecule has 0 saturated heterocycles. The number of hydrogen-bond acceptors (Lipinski definition) is 3. The van der Waals surface area contributed by atoms with Crippen LogP contribution in [0, 0.1) is 0 Å². The molecule has 0 heterocycles. The van der Waals surface area contributed by atoms with Crippen LogP contribution in [-0.4, -0.2) is 17.0 Å². The van der Waals surface area contributed by atoms with Crippen molar-refractivity contribution in [3.05, 3.63) is 24.3 Å². The molecule has 2 rings (SSSR count). The van der Waals surface area contributed by atoms with Gasteiger partial charge in [0.05, 0.1) is 5.54 Å². The number of rotatable bonds is 3. The van der Waals surface area contributed by atoms with Crippen molar-refractivity contribution in [3.63, 3.8) is 0 Å². The first kappa shape index (κ1) is 12.9. The highest BCUT2D eigenvalue weighted by Gasteiger charge is 2.45. The molecule has 0 atom stereocenters. The van der Waals surface area contributed by atoms with Gasteiger partial charge in [-0.05, 0) is 57.9 Å². The molecule has 1 aliphatic rings. The second-order valence-electron chi connectivity index (χ2n) is 5.85.